The van der Waals surface area contributed by atoms with Crippen molar-refractivity contribution < 1.29 is 4.74 Å². The SMILES string of the molecule is CCCC(NCc1ccccc1OCc1ccccc1)c1ccccc1.Cl. The molecule has 0 aromatic heterocycles. The third-order valence-electron chi connectivity index (χ3n) is 4.53. The molecule has 27 heavy (non-hydrogen) atoms. The Morgan fingerprint density at radius 1 is 0.815 bits per heavy atom. The highest BCUT2D eigenvalue weighted by molar-refractivity contribution is 5.85. The molecule has 0 fully saturated rings. The van der Waals surface area contributed by atoms with E-state index >= 15 is 0 Å². The van der Waals surface area contributed by atoms with E-state index in [4.69, 9.17) is 4.74 Å². The van der Waals surface area contributed by atoms with Crippen LogP contribution in [0.3, 0.4) is 0 Å². The maximum Gasteiger partial charge on any atom is 0.124 e. The summed E-state index contributed by atoms with van der Waals surface area (Å²) in [5.74, 6) is 0.951. The minimum Gasteiger partial charge on any atom is -0.489 e. The Bertz CT molecular complexity index is 777. The van der Waals surface area contributed by atoms with Crippen LogP contribution in [0.4, 0.5) is 0 Å². The summed E-state index contributed by atoms with van der Waals surface area (Å²) in [6.45, 7) is 3.62. The minimum absolute atomic E-state index is 0. The standard InChI is InChI=1S/C24H27NO.ClH/c1-2-11-23(21-14-7-4-8-15-21)25-18-22-16-9-10-17-24(22)26-19-20-12-5-3-6-13-20;/h3-10,12-17,23,25H,2,11,18-19H2,1H3;1H. The number of hydrogen-bond acceptors (Lipinski definition) is 2. The summed E-state index contributed by atoms with van der Waals surface area (Å²) in [5, 5.41) is 3.71. The van der Waals surface area contributed by atoms with Crippen LogP contribution >= 0.6 is 12.4 Å². The van der Waals surface area contributed by atoms with E-state index in [1.807, 2.05) is 24.3 Å². The smallest absolute Gasteiger partial charge is 0.124 e. The minimum atomic E-state index is 0. The Hall–Kier alpha value is -2.29. The van der Waals surface area contributed by atoms with E-state index in [0.717, 1.165) is 25.1 Å². The molecule has 142 valence electrons. The van der Waals surface area contributed by atoms with Crippen LogP contribution in [0.2, 0.25) is 0 Å². The number of para-hydroxylation sites is 1. The zero-order valence-corrected chi connectivity index (χ0v) is 16.6. The lowest BCUT2D eigenvalue weighted by Crippen LogP contribution is -2.21. The zero-order valence-electron chi connectivity index (χ0n) is 15.8. The summed E-state index contributed by atoms with van der Waals surface area (Å²) in [7, 11) is 0. The van der Waals surface area contributed by atoms with Gasteiger partial charge in [0.05, 0.1) is 0 Å². The van der Waals surface area contributed by atoms with Crippen molar-refractivity contribution in [3.8, 4) is 5.75 Å². The molecule has 0 radical (unpaired) electrons. The summed E-state index contributed by atoms with van der Waals surface area (Å²) >= 11 is 0. The van der Waals surface area contributed by atoms with Gasteiger partial charge in [0.15, 0.2) is 0 Å². The van der Waals surface area contributed by atoms with Crippen molar-refractivity contribution in [2.75, 3.05) is 0 Å². The lowest BCUT2D eigenvalue weighted by atomic mass is 10.0. The first kappa shape index (κ1) is 21.0. The summed E-state index contributed by atoms with van der Waals surface area (Å²) < 4.78 is 6.08. The Kier molecular flexibility index (Phi) is 8.90. The van der Waals surface area contributed by atoms with E-state index in [1.54, 1.807) is 0 Å². The van der Waals surface area contributed by atoms with Gasteiger partial charge in [0, 0.05) is 18.2 Å². The van der Waals surface area contributed by atoms with Crippen molar-refractivity contribution in [1.29, 1.82) is 0 Å². The zero-order chi connectivity index (χ0) is 18.0. The molecule has 0 aliphatic heterocycles. The lowest BCUT2D eigenvalue weighted by Gasteiger charge is -2.20. The van der Waals surface area contributed by atoms with Crippen molar-refractivity contribution in [2.24, 2.45) is 0 Å². The molecule has 3 heteroatoms. The predicted molar refractivity (Wildman–Crippen MR) is 115 cm³/mol. The quantitative estimate of drug-likeness (QED) is 0.468. The molecule has 3 aromatic rings. The summed E-state index contributed by atoms with van der Waals surface area (Å²) in [6.07, 6.45) is 2.27. The lowest BCUT2D eigenvalue weighted by molar-refractivity contribution is 0.301. The van der Waals surface area contributed by atoms with Gasteiger partial charge in [0.2, 0.25) is 0 Å². The Balaban J connectivity index is 0.00000261. The van der Waals surface area contributed by atoms with Crippen LogP contribution in [-0.2, 0) is 13.2 Å². The summed E-state index contributed by atoms with van der Waals surface area (Å²) in [6, 6.07) is 29.6. The maximum absolute atomic E-state index is 6.08. The normalized spacial score (nSPS) is 11.4. The first-order valence-corrected chi connectivity index (χ1v) is 9.39. The molecule has 0 spiro atoms. The Morgan fingerprint density at radius 2 is 1.44 bits per heavy atom. The number of benzene rings is 3. The fraction of sp³-hybridized carbons (Fsp3) is 0.250. The molecule has 0 bridgehead atoms. The van der Waals surface area contributed by atoms with Crippen molar-refractivity contribution >= 4 is 12.4 Å². The highest BCUT2D eigenvalue weighted by Gasteiger charge is 2.11. The molecule has 3 aromatic carbocycles. The van der Waals surface area contributed by atoms with Gasteiger partial charge >= 0.3 is 0 Å². The van der Waals surface area contributed by atoms with E-state index in [0.29, 0.717) is 12.6 Å². The number of ether oxygens (including phenoxy) is 1. The molecular formula is C24H28ClNO. The van der Waals surface area contributed by atoms with E-state index in [1.165, 1.54) is 16.7 Å². The molecule has 1 atom stereocenters. The molecule has 3 rings (SSSR count). The molecule has 1 N–H and O–H groups in total. The first-order chi connectivity index (χ1) is 12.9. The molecule has 2 nitrogen and oxygen atoms in total. The van der Waals surface area contributed by atoms with Crippen molar-refractivity contribution in [3.63, 3.8) is 0 Å². The Morgan fingerprint density at radius 3 is 2.15 bits per heavy atom. The third kappa shape index (κ3) is 6.42. The van der Waals surface area contributed by atoms with Gasteiger partial charge in [-0.05, 0) is 23.6 Å². The van der Waals surface area contributed by atoms with Gasteiger partial charge in [-0.25, -0.2) is 0 Å². The molecule has 1 unspecified atom stereocenters. The van der Waals surface area contributed by atoms with Gasteiger partial charge in [-0.2, -0.15) is 0 Å². The van der Waals surface area contributed by atoms with Crippen LogP contribution in [-0.4, -0.2) is 0 Å². The van der Waals surface area contributed by atoms with E-state index in [-0.39, 0.29) is 12.4 Å². The van der Waals surface area contributed by atoms with Crippen molar-refractivity contribution in [1.82, 2.24) is 5.32 Å². The second kappa shape index (κ2) is 11.4. The topological polar surface area (TPSA) is 21.3 Å². The largest absolute Gasteiger partial charge is 0.489 e. The van der Waals surface area contributed by atoms with E-state index in [9.17, 15) is 0 Å². The average molecular weight is 382 g/mol. The van der Waals surface area contributed by atoms with E-state index in [2.05, 4.69) is 72.9 Å². The number of nitrogens with one attached hydrogen (secondary N) is 1. The maximum atomic E-state index is 6.08. The molecule has 0 saturated carbocycles. The molecule has 0 saturated heterocycles. The molecule has 0 heterocycles. The highest BCUT2D eigenvalue weighted by Crippen LogP contribution is 2.23. The van der Waals surface area contributed by atoms with Crippen LogP contribution in [0.1, 0.15) is 42.5 Å². The molecule has 0 amide bonds. The van der Waals surface area contributed by atoms with Gasteiger partial charge < -0.3 is 10.1 Å². The first-order valence-electron chi connectivity index (χ1n) is 9.39. The fourth-order valence-electron chi connectivity index (χ4n) is 3.12. The predicted octanol–water partition coefficient (Wildman–Crippen LogP) is 6.32. The van der Waals surface area contributed by atoms with Crippen LogP contribution < -0.4 is 10.1 Å². The number of halogens is 1. The van der Waals surface area contributed by atoms with E-state index < -0.39 is 0 Å². The van der Waals surface area contributed by atoms with Crippen molar-refractivity contribution in [2.45, 2.75) is 39.0 Å². The number of hydrogen-bond donors (Lipinski definition) is 1. The van der Waals surface area contributed by atoms with Gasteiger partial charge in [-0.15, -0.1) is 12.4 Å². The van der Waals surface area contributed by atoms with Gasteiger partial charge in [0.1, 0.15) is 12.4 Å². The van der Waals surface area contributed by atoms with Gasteiger partial charge in [0.25, 0.3) is 0 Å². The second-order valence-electron chi connectivity index (χ2n) is 6.51. The Labute approximate surface area is 169 Å². The third-order valence-corrected chi connectivity index (χ3v) is 4.53. The van der Waals surface area contributed by atoms with Crippen LogP contribution in [0.15, 0.2) is 84.9 Å². The monoisotopic (exact) mass is 381 g/mol. The highest BCUT2D eigenvalue weighted by atomic mass is 35.5. The summed E-state index contributed by atoms with van der Waals surface area (Å²) in [5.41, 5.74) is 3.72. The van der Waals surface area contributed by atoms with Gasteiger partial charge in [-0.1, -0.05) is 92.2 Å². The molecule has 0 aliphatic carbocycles. The molecular weight excluding hydrogens is 354 g/mol. The summed E-state index contributed by atoms with van der Waals surface area (Å²) in [4.78, 5) is 0. The second-order valence-corrected chi connectivity index (χ2v) is 6.51. The van der Waals surface area contributed by atoms with Gasteiger partial charge in [-0.3, -0.25) is 0 Å². The van der Waals surface area contributed by atoms with Crippen LogP contribution in [0.25, 0.3) is 0 Å². The van der Waals surface area contributed by atoms with Crippen LogP contribution in [0, 0.1) is 0 Å². The fourth-order valence-corrected chi connectivity index (χ4v) is 3.12. The molecule has 0 aliphatic rings. The number of rotatable bonds is 9. The van der Waals surface area contributed by atoms with Crippen molar-refractivity contribution in [3.05, 3.63) is 102 Å². The van der Waals surface area contributed by atoms with Crippen LogP contribution in [0.5, 0.6) is 5.75 Å². The average Bonchev–Trinajstić information content (AvgIpc) is 2.71.